The number of benzene rings is 1. The molecule has 7 nitrogen and oxygen atoms in total. The Morgan fingerprint density at radius 3 is 2.61 bits per heavy atom. The smallest absolute Gasteiger partial charge is 0.482 e. The predicted octanol–water partition coefficient (Wildman–Crippen LogP) is 4.42. The highest BCUT2D eigenvalue weighted by Gasteiger charge is 2.68. The van der Waals surface area contributed by atoms with E-state index in [2.05, 4.69) is 19.2 Å². The van der Waals surface area contributed by atoms with Gasteiger partial charge >= 0.3 is 19.3 Å². The molecule has 1 saturated heterocycles. The topological polar surface area (TPSA) is 94.1 Å². The minimum Gasteiger partial charge on any atom is -0.496 e. The summed E-state index contributed by atoms with van der Waals surface area (Å²) in [7, 11) is 0.531. The highest BCUT2D eigenvalue weighted by atomic mass is 19.4. The molecule has 0 radical (unpaired) electrons. The monoisotopic (exact) mass is 511 g/mol. The molecule has 2 bridgehead atoms. The zero-order valence-electron chi connectivity index (χ0n) is 21.0. The van der Waals surface area contributed by atoms with E-state index < -0.39 is 43.1 Å². The maximum atomic E-state index is 12.7. The van der Waals surface area contributed by atoms with Gasteiger partial charge in [0.25, 0.3) is 0 Å². The van der Waals surface area contributed by atoms with Gasteiger partial charge in [-0.1, -0.05) is 26.0 Å². The van der Waals surface area contributed by atoms with E-state index in [4.69, 9.17) is 14.0 Å². The number of aromatic carboxylic acids is 1. The van der Waals surface area contributed by atoms with Crippen LogP contribution in [0.15, 0.2) is 18.2 Å². The number of para-hydroxylation sites is 1. The minimum absolute atomic E-state index is 0.0262. The molecule has 4 fully saturated rings. The molecule has 1 aromatic rings. The zero-order valence-corrected chi connectivity index (χ0v) is 21.0. The number of hydrogen-bond acceptors (Lipinski definition) is 5. The van der Waals surface area contributed by atoms with E-state index in [1.54, 1.807) is 12.1 Å². The lowest BCUT2D eigenvalue weighted by Crippen LogP contribution is -2.65. The Morgan fingerprint density at radius 2 is 2.00 bits per heavy atom. The van der Waals surface area contributed by atoms with E-state index in [9.17, 15) is 27.9 Å². The summed E-state index contributed by atoms with van der Waals surface area (Å²) in [6, 6.07) is 4.69. The van der Waals surface area contributed by atoms with E-state index in [1.807, 2.05) is 6.92 Å². The number of carbonyl (C=O) groups is 2. The Bertz CT molecular complexity index is 1020. The van der Waals surface area contributed by atoms with E-state index in [0.29, 0.717) is 11.5 Å². The van der Waals surface area contributed by atoms with Crippen molar-refractivity contribution < 1.29 is 41.9 Å². The SMILES string of the molecule is COc1c(C[C@H](NC(=O)CCCC(F)(F)F)B2O[C@@H]3C[C@@H]4C[C@@H](C4(C)C)[C@]3(C)O2)cccc1C(=O)O. The van der Waals surface area contributed by atoms with Crippen LogP contribution in [0.25, 0.3) is 0 Å². The molecule has 3 aliphatic carbocycles. The molecule has 3 saturated carbocycles. The van der Waals surface area contributed by atoms with Crippen LogP contribution in [0.5, 0.6) is 5.75 Å². The summed E-state index contributed by atoms with van der Waals surface area (Å²) in [6.07, 6.45) is -4.16. The molecule has 5 rings (SSSR count). The van der Waals surface area contributed by atoms with E-state index >= 15 is 0 Å². The first-order valence-corrected chi connectivity index (χ1v) is 12.3. The van der Waals surface area contributed by atoms with Crippen LogP contribution in [0, 0.1) is 17.3 Å². The fourth-order valence-corrected chi connectivity index (χ4v) is 6.41. The van der Waals surface area contributed by atoms with Gasteiger partial charge in [0, 0.05) is 12.8 Å². The standard InChI is InChI=1S/C25H33BF3NO6/c1-23(2)15-12-17(23)24(3)18(13-15)35-26(36-24)19(30-20(31)9-6-10-25(27,28)29)11-14-7-5-8-16(22(32)33)21(14)34-4/h5,7-8,15,17-19H,6,9-13H2,1-4H3,(H,30,31)(H,32,33)/t15-,17-,18+,19-,24-/m0/s1. The Labute approximate surface area is 209 Å². The second kappa shape index (κ2) is 9.56. The summed E-state index contributed by atoms with van der Waals surface area (Å²) < 4.78 is 55.9. The van der Waals surface area contributed by atoms with Gasteiger partial charge in [-0.3, -0.25) is 4.79 Å². The molecule has 1 amide bonds. The second-order valence-electron chi connectivity index (χ2n) is 11.0. The van der Waals surface area contributed by atoms with E-state index in [-0.39, 0.29) is 48.0 Å². The molecule has 4 aliphatic rings. The number of carboxylic acids is 1. The first-order chi connectivity index (χ1) is 16.8. The molecular weight excluding hydrogens is 478 g/mol. The fourth-order valence-electron chi connectivity index (χ4n) is 6.41. The quantitative estimate of drug-likeness (QED) is 0.477. The van der Waals surface area contributed by atoms with Crippen molar-refractivity contribution in [2.45, 2.75) is 83.1 Å². The van der Waals surface area contributed by atoms with Gasteiger partial charge < -0.3 is 24.5 Å². The number of nitrogens with one attached hydrogen (secondary N) is 1. The number of rotatable bonds is 9. The largest absolute Gasteiger partial charge is 0.496 e. The molecule has 5 atom stereocenters. The lowest BCUT2D eigenvalue weighted by molar-refractivity contribution is -0.199. The molecule has 198 valence electrons. The number of carbonyl (C=O) groups excluding carboxylic acids is 1. The van der Waals surface area contributed by atoms with Gasteiger partial charge in [-0.2, -0.15) is 13.2 Å². The van der Waals surface area contributed by atoms with Crippen LogP contribution in [0.3, 0.4) is 0 Å². The van der Waals surface area contributed by atoms with E-state index in [1.165, 1.54) is 13.2 Å². The number of alkyl halides is 3. The fraction of sp³-hybridized carbons (Fsp3) is 0.680. The maximum absolute atomic E-state index is 12.7. The van der Waals surface area contributed by atoms with Crippen LogP contribution in [0.2, 0.25) is 0 Å². The molecule has 0 spiro atoms. The molecule has 1 heterocycles. The molecule has 1 aliphatic heterocycles. The van der Waals surface area contributed by atoms with Crippen molar-refractivity contribution in [3.8, 4) is 5.75 Å². The predicted molar refractivity (Wildman–Crippen MR) is 126 cm³/mol. The van der Waals surface area contributed by atoms with Crippen molar-refractivity contribution in [1.82, 2.24) is 5.32 Å². The van der Waals surface area contributed by atoms with Crippen LogP contribution in [-0.4, -0.2) is 55.0 Å². The molecule has 11 heteroatoms. The summed E-state index contributed by atoms with van der Waals surface area (Å²) in [6.45, 7) is 6.49. The minimum atomic E-state index is -4.33. The summed E-state index contributed by atoms with van der Waals surface area (Å²) in [5.74, 6) is -1.49. The van der Waals surface area contributed by atoms with Crippen LogP contribution < -0.4 is 10.1 Å². The Morgan fingerprint density at radius 1 is 1.28 bits per heavy atom. The average molecular weight is 511 g/mol. The Hall–Kier alpha value is -2.27. The van der Waals surface area contributed by atoms with Crippen LogP contribution in [-0.2, 0) is 20.5 Å². The molecule has 2 N–H and O–H groups in total. The average Bonchev–Trinajstić information content (AvgIpc) is 3.14. The van der Waals surface area contributed by atoms with Gasteiger partial charge in [-0.15, -0.1) is 0 Å². The molecular formula is C25H33BF3NO6. The van der Waals surface area contributed by atoms with Gasteiger partial charge in [0.1, 0.15) is 11.3 Å². The summed E-state index contributed by atoms with van der Waals surface area (Å²) in [4.78, 5) is 24.3. The zero-order chi connectivity index (χ0) is 26.5. The number of halogens is 3. The second-order valence-corrected chi connectivity index (χ2v) is 11.0. The van der Waals surface area contributed by atoms with Crippen molar-refractivity contribution in [3.05, 3.63) is 29.3 Å². The number of amides is 1. The van der Waals surface area contributed by atoms with Crippen molar-refractivity contribution in [1.29, 1.82) is 0 Å². The maximum Gasteiger partial charge on any atom is 0.482 e. The van der Waals surface area contributed by atoms with Crippen molar-refractivity contribution in [3.63, 3.8) is 0 Å². The van der Waals surface area contributed by atoms with Crippen LogP contribution >= 0.6 is 0 Å². The molecule has 0 aromatic heterocycles. The van der Waals surface area contributed by atoms with Crippen molar-refractivity contribution >= 4 is 19.0 Å². The molecule has 1 aromatic carbocycles. The summed E-state index contributed by atoms with van der Waals surface area (Å²) >= 11 is 0. The third-order valence-electron chi connectivity index (χ3n) is 8.48. The van der Waals surface area contributed by atoms with Crippen LogP contribution in [0.1, 0.15) is 68.8 Å². The Balaban J connectivity index is 1.56. The highest BCUT2D eigenvalue weighted by Crippen LogP contribution is 2.65. The number of carboxylic acid groups (broad SMARTS) is 1. The van der Waals surface area contributed by atoms with Gasteiger partial charge in [0.2, 0.25) is 5.91 Å². The third-order valence-corrected chi connectivity index (χ3v) is 8.48. The van der Waals surface area contributed by atoms with E-state index in [0.717, 1.165) is 12.8 Å². The highest BCUT2D eigenvalue weighted by molar-refractivity contribution is 6.48. The van der Waals surface area contributed by atoms with Gasteiger partial charge in [0.15, 0.2) is 0 Å². The lowest BCUT2D eigenvalue weighted by atomic mass is 9.43. The van der Waals surface area contributed by atoms with Crippen molar-refractivity contribution in [2.75, 3.05) is 7.11 Å². The third kappa shape index (κ3) is 4.96. The number of methoxy groups -OCH3 is 1. The lowest BCUT2D eigenvalue weighted by Gasteiger charge is -2.64. The van der Waals surface area contributed by atoms with Gasteiger partial charge in [-0.05, 0) is 61.5 Å². The van der Waals surface area contributed by atoms with Crippen LogP contribution in [0.4, 0.5) is 13.2 Å². The first kappa shape index (κ1) is 26.8. The number of hydrogen-bond donors (Lipinski definition) is 2. The van der Waals surface area contributed by atoms with Gasteiger partial charge in [0.05, 0.1) is 24.8 Å². The first-order valence-electron chi connectivity index (χ1n) is 12.3. The summed E-state index contributed by atoms with van der Waals surface area (Å²) in [5.41, 5.74) is 0.0604. The Kier molecular flexibility index (Phi) is 7.11. The molecule has 0 unspecified atom stereocenters. The molecule has 36 heavy (non-hydrogen) atoms. The normalized spacial score (nSPS) is 29.2. The summed E-state index contributed by atoms with van der Waals surface area (Å²) in [5, 5.41) is 12.4. The number of ether oxygens (including phenoxy) is 1. The van der Waals surface area contributed by atoms with Crippen molar-refractivity contribution in [2.24, 2.45) is 17.3 Å². The van der Waals surface area contributed by atoms with Gasteiger partial charge in [-0.25, -0.2) is 4.79 Å².